The topological polar surface area (TPSA) is 64.6 Å². The number of rotatable bonds is 7. The average Bonchev–Trinajstić information content (AvgIpc) is 2.65. The number of benzene rings is 2. The van der Waals surface area contributed by atoms with Crippen molar-refractivity contribution in [3.05, 3.63) is 59.4 Å². The zero-order valence-electron chi connectivity index (χ0n) is 13.9. The minimum atomic E-state index is -1.70. The Morgan fingerprint density at radius 1 is 1.00 bits per heavy atom. The minimum absolute atomic E-state index is 0.195. The first kappa shape index (κ1) is 19.3. The Kier molecular flexibility index (Phi) is 6.60. The molecule has 0 spiro atoms. The fourth-order valence-electron chi connectivity index (χ4n) is 1.93. The Hall–Kier alpha value is -3.03. The fraction of sp³-hybridized carbons (Fsp3) is 0.222. The lowest BCUT2D eigenvalue weighted by atomic mass is 10.2. The second-order valence-electron chi connectivity index (χ2n) is 5.22. The van der Waals surface area contributed by atoms with Crippen LogP contribution in [0, 0.1) is 17.5 Å². The molecule has 2 aromatic rings. The van der Waals surface area contributed by atoms with Gasteiger partial charge in [0.1, 0.15) is 5.75 Å². The van der Waals surface area contributed by atoms with E-state index in [1.807, 2.05) is 12.2 Å². The molecular weight excluding hydrogens is 351 g/mol. The molecule has 1 amide bonds. The van der Waals surface area contributed by atoms with E-state index in [-0.39, 0.29) is 5.56 Å². The number of carbonyl (C=O) groups is 2. The highest BCUT2D eigenvalue weighted by molar-refractivity contribution is 5.95. The molecule has 0 aliphatic rings. The van der Waals surface area contributed by atoms with Gasteiger partial charge in [0.05, 0.1) is 17.9 Å². The van der Waals surface area contributed by atoms with Gasteiger partial charge in [-0.2, -0.15) is 0 Å². The van der Waals surface area contributed by atoms with E-state index < -0.39 is 41.6 Å². The summed E-state index contributed by atoms with van der Waals surface area (Å²) in [5.41, 5.74) is -0.358. The van der Waals surface area contributed by atoms with Gasteiger partial charge in [-0.15, -0.1) is 0 Å². The molecule has 0 bridgehead atoms. The van der Waals surface area contributed by atoms with Gasteiger partial charge in [-0.05, 0) is 42.8 Å². The molecule has 0 aliphatic carbocycles. The summed E-state index contributed by atoms with van der Waals surface area (Å²) in [6, 6.07) is 7.65. The van der Waals surface area contributed by atoms with Crippen LogP contribution in [0.4, 0.5) is 18.9 Å². The van der Waals surface area contributed by atoms with Crippen LogP contribution < -0.4 is 10.1 Å². The van der Waals surface area contributed by atoms with Crippen molar-refractivity contribution in [3.8, 4) is 5.75 Å². The first-order chi connectivity index (χ1) is 12.4. The maximum atomic E-state index is 13.5. The van der Waals surface area contributed by atoms with Crippen LogP contribution >= 0.6 is 0 Å². The Bertz CT molecular complexity index is 794. The fourth-order valence-corrected chi connectivity index (χ4v) is 1.93. The minimum Gasteiger partial charge on any atom is -0.494 e. The van der Waals surface area contributed by atoms with Crippen LogP contribution in [0.1, 0.15) is 23.7 Å². The highest BCUT2D eigenvalue weighted by Crippen LogP contribution is 2.19. The molecule has 138 valence electrons. The van der Waals surface area contributed by atoms with Crippen molar-refractivity contribution in [3.63, 3.8) is 0 Å². The Labute approximate surface area is 147 Å². The molecular formula is C18H16F3NO4. The summed E-state index contributed by atoms with van der Waals surface area (Å²) in [4.78, 5) is 23.5. The van der Waals surface area contributed by atoms with E-state index in [0.717, 1.165) is 12.5 Å². The van der Waals surface area contributed by atoms with Crippen LogP contribution in [0.3, 0.4) is 0 Å². The van der Waals surface area contributed by atoms with E-state index in [4.69, 9.17) is 9.47 Å². The molecule has 0 radical (unpaired) electrons. The van der Waals surface area contributed by atoms with Gasteiger partial charge in [-0.1, -0.05) is 6.92 Å². The van der Waals surface area contributed by atoms with Gasteiger partial charge in [0.15, 0.2) is 24.1 Å². The number of nitrogens with one attached hydrogen (secondary N) is 1. The third-order valence-corrected chi connectivity index (χ3v) is 3.21. The first-order valence-corrected chi connectivity index (χ1v) is 7.75. The quantitative estimate of drug-likeness (QED) is 0.599. The lowest BCUT2D eigenvalue weighted by Crippen LogP contribution is -2.21. The number of ether oxygens (including phenoxy) is 2. The van der Waals surface area contributed by atoms with E-state index in [9.17, 15) is 22.8 Å². The van der Waals surface area contributed by atoms with Crippen molar-refractivity contribution in [2.45, 2.75) is 13.3 Å². The van der Waals surface area contributed by atoms with E-state index in [0.29, 0.717) is 18.4 Å². The molecule has 8 heteroatoms. The summed E-state index contributed by atoms with van der Waals surface area (Å²) in [6.45, 7) is 1.79. The van der Waals surface area contributed by atoms with Gasteiger partial charge in [0.2, 0.25) is 0 Å². The number of esters is 1. The summed E-state index contributed by atoms with van der Waals surface area (Å²) >= 11 is 0. The van der Waals surface area contributed by atoms with E-state index in [2.05, 4.69) is 0 Å². The highest BCUT2D eigenvalue weighted by Gasteiger charge is 2.16. The highest BCUT2D eigenvalue weighted by atomic mass is 19.2. The predicted octanol–water partition coefficient (Wildman–Crippen LogP) is 3.69. The van der Waals surface area contributed by atoms with E-state index in [1.165, 1.54) is 12.1 Å². The van der Waals surface area contributed by atoms with E-state index in [1.54, 1.807) is 12.1 Å². The van der Waals surface area contributed by atoms with Crippen molar-refractivity contribution in [2.75, 3.05) is 18.5 Å². The van der Waals surface area contributed by atoms with Gasteiger partial charge in [-0.25, -0.2) is 18.0 Å². The maximum absolute atomic E-state index is 13.5. The van der Waals surface area contributed by atoms with E-state index >= 15 is 0 Å². The second-order valence-corrected chi connectivity index (χ2v) is 5.22. The molecule has 0 atom stereocenters. The van der Waals surface area contributed by atoms with Gasteiger partial charge >= 0.3 is 5.97 Å². The maximum Gasteiger partial charge on any atom is 0.338 e. The summed E-state index contributed by atoms with van der Waals surface area (Å²) in [7, 11) is 0. The number of carbonyl (C=O) groups excluding carboxylic acids is 2. The molecule has 0 unspecified atom stereocenters. The van der Waals surface area contributed by atoms with Crippen molar-refractivity contribution >= 4 is 17.6 Å². The van der Waals surface area contributed by atoms with Crippen molar-refractivity contribution in [1.82, 2.24) is 0 Å². The predicted molar refractivity (Wildman–Crippen MR) is 87.5 cm³/mol. The normalized spacial score (nSPS) is 10.3. The Balaban J connectivity index is 1.89. The Morgan fingerprint density at radius 3 is 2.35 bits per heavy atom. The Morgan fingerprint density at radius 2 is 1.69 bits per heavy atom. The number of hydrogen-bond donors (Lipinski definition) is 1. The van der Waals surface area contributed by atoms with Crippen molar-refractivity contribution in [2.24, 2.45) is 0 Å². The molecule has 2 aromatic carbocycles. The monoisotopic (exact) mass is 367 g/mol. The lowest BCUT2D eigenvalue weighted by molar-refractivity contribution is -0.119. The number of amides is 1. The molecule has 5 nitrogen and oxygen atoms in total. The number of halogens is 3. The van der Waals surface area contributed by atoms with Crippen LogP contribution in [0.5, 0.6) is 5.75 Å². The third-order valence-electron chi connectivity index (χ3n) is 3.21. The van der Waals surface area contributed by atoms with Gasteiger partial charge in [0, 0.05) is 0 Å². The molecule has 26 heavy (non-hydrogen) atoms. The van der Waals surface area contributed by atoms with Crippen LogP contribution in [0.25, 0.3) is 0 Å². The van der Waals surface area contributed by atoms with Gasteiger partial charge < -0.3 is 14.8 Å². The molecule has 0 fully saturated rings. The zero-order chi connectivity index (χ0) is 19.1. The molecule has 0 heterocycles. The van der Waals surface area contributed by atoms with Crippen LogP contribution in [0.15, 0.2) is 36.4 Å². The molecule has 2 rings (SSSR count). The SMILES string of the molecule is CCCOc1ccc(C(=O)OCC(=O)Nc2ccc(F)c(F)c2F)cc1. The molecule has 0 aliphatic heterocycles. The first-order valence-electron chi connectivity index (χ1n) is 7.75. The summed E-state index contributed by atoms with van der Waals surface area (Å²) in [5, 5.41) is 2.00. The zero-order valence-corrected chi connectivity index (χ0v) is 13.9. The van der Waals surface area contributed by atoms with Gasteiger partial charge in [0.25, 0.3) is 5.91 Å². The van der Waals surface area contributed by atoms with Crippen molar-refractivity contribution in [1.29, 1.82) is 0 Å². The largest absolute Gasteiger partial charge is 0.494 e. The standard InChI is InChI=1S/C18H16F3NO4/c1-2-9-25-12-5-3-11(4-6-12)18(24)26-10-15(23)22-14-8-7-13(19)16(20)17(14)21/h3-8H,2,9-10H2,1H3,(H,22,23). The van der Waals surface area contributed by atoms with Crippen LogP contribution in [-0.4, -0.2) is 25.1 Å². The number of anilines is 1. The van der Waals surface area contributed by atoms with Crippen LogP contribution in [-0.2, 0) is 9.53 Å². The van der Waals surface area contributed by atoms with Gasteiger partial charge in [-0.3, -0.25) is 4.79 Å². The summed E-state index contributed by atoms with van der Waals surface area (Å²) in [6.07, 6.45) is 0.845. The smallest absolute Gasteiger partial charge is 0.338 e. The average molecular weight is 367 g/mol. The summed E-state index contributed by atoms with van der Waals surface area (Å²) in [5.74, 6) is -5.69. The second kappa shape index (κ2) is 8.89. The molecule has 1 N–H and O–H groups in total. The molecule has 0 saturated carbocycles. The molecule has 0 aromatic heterocycles. The van der Waals surface area contributed by atoms with Crippen molar-refractivity contribution < 1.29 is 32.2 Å². The van der Waals surface area contributed by atoms with Crippen LogP contribution in [0.2, 0.25) is 0 Å². The summed E-state index contributed by atoms with van der Waals surface area (Å²) < 4.78 is 49.6. The lowest BCUT2D eigenvalue weighted by Gasteiger charge is -2.09. The third kappa shape index (κ3) is 4.98. The number of hydrogen-bond acceptors (Lipinski definition) is 4. The molecule has 0 saturated heterocycles.